The highest BCUT2D eigenvalue weighted by Gasteiger charge is 2.18. The van der Waals surface area contributed by atoms with E-state index in [9.17, 15) is 4.79 Å². The van der Waals surface area contributed by atoms with Crippen LogP contribution in [0.4, 0.5) is 0 Å². The van der Waals surface area contributed by atoms with E-state index in [4.69, 9.17) is 5.73 Å². The number of fused-ring (bicyclic) bond motifs is 3. The lowest BCUT2D eigenvalue weighted by Crippen LogP contribution is -2.16. The maximum absolute atomic E-state index is 11.9. The minimum absolute atomic E-state index is 0.127. The van der Waals surface area contributed by atoms with Gasteiger partial charge >= 0.3 is 0 Å². The monoisotopic (exact) mass is 234 g/mol. The number of hydrogen-bond acceptors (Lipinski definition) is 5. The molecule has 1 aliphatic heterocycles. The van der Waals surface area contributed by atoms with Crippen LogP contribution >= 0.6 is 11.8 Å². The van der Waals surface area contributed by atoms with Crippen LogP contribution in [0, 0.1) is 0 Å². The van der Waals surface area contributed by atoms with E-state index in [0.717, 1.165) is 22.6 Å². The zero-order valence-electron chi connectivity index (χ0n) is 8.49. The van der Waals surface area contributed by atoms with Crippen LogP contribution in [0.25, 0.3) is 11.0 Å². The molecule has 2 aromatic heterocycles. The van der Waals surface area contributed by atoms with Crippen LogP contribution in [0.3, 0.4) is 0 Å². The SMILES string of the molecule is NCc1nc2ncc3c(c2c(=O)[nH]1)CSC3. The molecule has 0 aliphatic carbocycles. The maximum Gasteiger partial charge on any atom is 0.260 e. The number of nitrogens with zero attached hydrogens (tertiary/aromatic N) is 2. The molecule has 0 radical (unpaired) electrons. The van der Waals surface area contributed by atoms with Crippen molar-refractivity contribution in [3.8, 4) is 0 Å². The van der Waals surface area contributed by atoms with Crippen LogP contribution in [-0.2, 0) is 18.1 Å². The van der Waals surface area contributed by atoms with Gasteiger partial charge < -0.3 is 10.7 Å². The number of rotatable bonds is 1. The average molecular weight is 234 g/mol. The Hall–Kier alpha value is -1.40. The second-order valence-electron chi connectivity index (χ2n) is 3.67. The number of aromatic nitrogens is 3. The second-order valence-corrected chi connectivity index (χ2v) is 4.66. The van der Waals surface area contributed by atoms with Crippen molar-refractivity contribution in [2.24, 2.45) is 5.73 Å². The quantitative estimate of drug-likeness (QED) is 0.751. The van der Waals surface area contributed by atoms with E-state index < -0.39 is 0 Å². The molecule has 3 N–H and O–H groups in total. The molecular formula is C10H10N4OS. The second kappa shape index (κ2) is 3.57. The minimum atomic E-state index is -0.127. The molecule has 82 valence electrons. The van der Waals surface area contributed by atoms with Gasteiger partial charge in [0.05, 0.1) is 11.9 Å². The van der Waals surface area contributed by atoms with Gasteiger partial charge in [-0.05, 0) is 11.1 Å². The van der Waals surface area contributed by atoms with Crippen molar-refractivity contribution >= 4 is 22.8 Å². The third kappa shape index (κ3) is 1.34. The highest BCUT2D eigenvalue weighted by atomic mass is 32.2. The molecule has 5 nitrogen and oxygen atoms in total. The van der Waals surface area contributed by atoms with Gasteiger partial charge in [0.1, 0.15) is 5.82 Å². The molecule has 0 bridgehead atoms. The fourth-order valence-corrected chi connectivity index (χ4v) is 3.00. The molecule has 6 heteroatoms. The van der Waals surface area contributed by atoms with Crippen molar-refractivity contribution in [3.63, 3.8) is 0 Å². The van der Waals surface area contributed by atoms with Gasteiger partial charge in [-0.2, -0.15) is 11.8 Å². The van der Waals surface area contributed by atoms with Gasteiger partial charge in [0, 0.05) is 17.7 Å². The third-order valence-corrected chi connectivity index (χ3v) is 3.69. The van der Waals surface area contributed by atoms with Crippen LogP contribution in [0.1, 0.15) is 17.0 Å². The topological polar surface area (TPSA) is 84.7 Å². The van der Waals surface area contributed by atoms with Gasteiger partial charge in [0.2, 0.25) is 0 Å². The molecule has 2 aromatic rings. The zero-order chi connectivity index (χ0) is 11.1. The molecule has 0 spiro atoms. The Balaban J connectivity index is 2.41. The number of nitrogens with two attached hydrogens (primary N) is 1. The molecule has 0 amide bonds. The molecule has 0 atom stereocenters. The fourth-order valence-electron chi connectivity index (χ4n) is 1.90. The summed E-state index contributed by atoms with van der Waals surface area (Å²) >= 11 is 1.79. The van der Waals surface area contributed by atoms with Crippen molar-refractivity contribution in [1.82, 2.24) is 15.0 Å². The molecule has 0 saturated carbocycles. The Kier molecular flexibility index (Phi) is 2.19. The summed E-state index contributed by atoms with van der Waals surface area (Å²) in [6.07, 6.45) is 1.81. The highest BCUT2D eigenvalue weighted by Crippen LogP contribution is 2.32. The molecule has 1 aliphatic rings. The molecule has 3 heterocycles. The van der Waals surface area contributed by atoms with Gasteiger partial charge in [-0.25, -0.2) is 9.97 Å². The van der Waals surface area contributed by atoms with Crippen molar-refractivity contribution < 1.29 is 0 Å². The number of H-pyrrole nitrogens is 1. The summed E-state index contributed by atoms with van der Waals surface area (Å²) in [4.78, 5) is 23.1. The lowest BCUT2D eigenvalue weighted by Gasteiger charge is -2.03. The van der Waals surface area contributed by atoms with E-state index in [2.05, 4.69) is 15.0 Å². The van der Waals surface area contributed by atoms with E-state index >= 15 is 0 Å². The van der Waals surface area contributed by atoms with Gasteiger partial charge in [0.25, 0.3) is 5.56 Å². The summed E-state index contributed by atoms with van der Waals surface area (Å²) in [6, 6.07) is 0. The number of aromatic amines is 1. The van der Waals surface area contributed by atoms with Gasteiger partial charge in [-0.15, -0.1) is 0 Å². The van der Waals surface area contributed by atoms with Crippen LogP contribution < -0.4 is 11.3 Å². The Morgan fingerprint density at radius 1 is 1.50 bits per heavy atom. The van der Waals surface area contributed by atoms with E-state index in [0.29, 0.717) is 16.9 Å². The summed E-state index contributed by atoms with van der Waals surface area (Å²) < 4.78 is 0. The van der Waals surface area contributed by atoms with E-state index in [-0.39, 0.29) is 12.1 Å². The smallest absolute Gasteiger partial charge is 0.260 e. The summed E-state index contributed by atoms with van der Waals surface area (Å²) in [5, 5.41) is 0.625. The Morgan fingerprint density at radius 2 is 2.38 bits per heavy atom. The van der Waals surface area contributed by atoms with Crippen LogP contribution in [-0.4, -0.2) is 15.0 Å². The Morgan fingerprint density at radius 3 is 3.19 bits per heavy atom. The lowest BCUT2D eigenvalue weighted by molar-refractivity contribution is 0.905. The molecule has 3 rings (SSSR count). The zero-order valence-corrected chi connectivity index (χ0v) is 9.30. The average Bonchev–Trinajstić information content (AvgIpc) is 2.76. The summed E-state index contributed by atoms with van der Waals surface area (Å²) in [6.45, 7) is 0.221. The standard InChI is InChI=1S/C10H10N4OS/c11-1-7-13-9-8(10(15)14-7)6-4-16-3-5(6)2-12-9/h2H,1,3-4,11H2,(H,12,13,14,15). The van der Waals surface area contributed by atoms with Gasteiger partial charge in [-0.3, -0.25) is 4.79 Å². The van der Waals surface area contributed by atoms with Crippen LogP contribution in [0.2, 0.25) is 0 Å². The molecular weight excluding hydrogens is 224 g/mol. The summed E-state index contributed by atoms with van der Waals surface area (Å²) in [7, 11) is 0. The lowest BCUT2D eigenvalue weighted by atomic mass is 10.1. The van der Waals surface area contributed by atoms with E-state index in [1.54, 1.807) is 11.8 Å². The van der Waals surface area contributed by atoms with Crippen molar-refractivity contribution in [2.45, 2.75) is 18.1 Å². The van der Waals surface area contributed by atoms with Crippen LogP contribution in [0.15, 0.2) is 11.0 Å². The van der Waals surface area contributed by atoms with Crippen molar-refractivity contribution in [1.29, 1.82) is 0 Å². The molecule has 16 heavy (non-hydrogen) atoms. The molecule has 0 fully saturated rings. The predicted molar refractivity (Wildman–Crippen MR) is 63.0 cm³/mol. The summed E-state index contributed by atoms with van der Waals surface area (Å²) in [5.41, 5.74) is 8.06. The first-order chi connectivity index (χ1) is 7.79. The predicted octanol–water partition coefficient (Wildman–Crippen LogP) is 0.524. The first kappa shape index (κ1) is 9.80. The largest absolute Gasteiger partial charge is 0.324 e. The van der Waals surface area contributed by atoms with Crippen molar-refractivity contribution in [3.05, 3.63) is 33.5 Å². The Bertz CT molecular complexity index is 622. The number of hydrogen-bond donors (Lipinski definition) is 2. The van der Waals surface area contributed by atoms with Gasteiger partial charge in [0.15, 0.2) is 5.65 Å². The first-order valence-electron chi connectivity index (χ1n) is 4.97. The highest BCUT2D eigenvalue weighted by molar-refractivity contribution is 7.98. The van der Waals surface area contributed by atoms with Crippen molar-refractivity contribution in [2.75, 3.05) is 0 Å². The molecule has 0 saturated heterocycles. The normalized spacial score (nSPS) is 14.3. The minimum Gasteiger partial charge on any atom is -0.324 e. The van der Waals surface area contributed by atoms with E-state index in [1.807, 2.05) is 6.20 Å². The molecule has 0 aromatic carbocycles. The van der Waals surface area contributed by atoms with Crippen LogP contribution in [0.5, 0.6) is 0 Å². The van der Waals surface area contributed by atoms with Gasteiger partial charge in [-0.1, -0.05) is 0 Å². The molecule has 0 unspecified atom stereocenters. The number of thioether (sulfide) groups is 1. The maximum atomic E-state index is 11.9. The number of nitrogens with one attached hydrogen (secondary N) is 1. The fraction of sp³-hybridized carbons (Fsp3) is 0.300. The first-order valence-corrected chi connectivity index (χ1v) is 6.12. The summed E-state index contributed by atoms with van der Waals surface area (Å²) in [5.74, 6) is 2.27. The Labute approximate surface area is 95.5 Å². The number of pyridine rings is 1. The van der Waals surface area contributed by atoms with E-state index in [1.165, 1.54) is 0 Å². The third-order valence-electron chi connectivity index (χ3n) is 2.68.